The largest absolute Gasteiger partial charge is 0.494 e. The molecule has 3 rings (SSSR count). The molecule has 3 aromatic rings. The van der Waals surface area contributed by atoms with Gasteiger partial charge >= 0.3 is 5.97 Å². The summed E-state index contributed by atoms with van der Waals surface area (Å²) in [6.07, 6.45) is 5.87. The maximum atomic E-state index is 12.6. The van der Waals surface area contributed by atoms with Gasteiger partial charge in [0.05, 0.1) is 33.9 Å². The summed E-state index contributed by atoms with van der Waals surface area (Å²) in [6, 6.07) is 23.4. The van der Waals surface area contributed by atoms with E-state index in [1.807, 2.05) is 61.6 Å². The summed E-state index contributed by atoms with van der Waals surface area (Å²) in [5, 5.41) is 0. The predicted molar refractivity (Wildman–Crippen MR) is 152 cm³/mol. The van der Waals surface area contributed by atoms with Crippen LogP contribution in [0.15, 0.2) is 78.9 Å². The topological polar surface area (TPSA) is 74.3 Å². The molecule has 0 saturated carbocycles. The number of nitrogens with zero attached hydrogens (tertiary/aromatic N) is 1. The summed E-state index contributed by atoms with van der Waals surface area (Å²) in [4.78, 5) is 25.6. The molecule has 0 atom stereocenters. The molecule has 0 unspecified atom stereocenters. The number of rotatable bonds is 15. The van der Waals surface area contributed by atoms with Gasteiger partial charge in [-0.25, -0.2) is 4.79 Å². The molecule has 206 valence electrons. The van der Waals surface area contributed by atoms with Gasteiger partial charge in [-0.2, -0.15) is 0 Å². The maximum Gasteiger partial charge on any atom is 0.330 e. The second-order valence-electron chi connectivity index (χ2n) is 9.04. The Bertz CT molecular complexity index is 1210. The van der Waals surface area contributed by atoms with Crippen LogP contribution in [0.2, 0.25) is 0 Å². The average Bonchev–Trinajstić information content (AvgIpc) is 2.97. The molecule has 0 radical (unpaired) electrons. The number of carbonyl (C=O) groups is 2. The summed E-state index contributed by atoms with van der Waals surface area (Å²) < 4.78 is 21.7. The highest BCUT2D eigenvalue weighted by atomic mass is 16.5. The summed E-state index contributed by atoms with van der Waals surface area (Å²) in [5.74, 6) is 1.70. The SMILES string of the molecule is COC(=O)/C=C/c1ccc(OCCCCOc2ccc(CC(=O)N(C)CCc3ccccc3)cc2)c(OC)c1. The van der Waals surface area contributed by atoms with Gasteiger partial charge in [-0.05, 0) is 66.3 Å². The number of unbranched alkanes of at least 4 members (excludes halogenated alkanes) is 1. The van der Waals surface area contributed by atoms with E-state index in [0.717, 1.165) is 36.1 Å². The van der Waals surface area contributed by atoms with E-state index in [0.29, 0.717) is 37.7 Å². The van der Waals surface area contributed by atoms with Crippen molar-refractivity contribution >= 4 is 18.0 Å². The van der Waals surface area contributed by atoms with Crippen molar-refractivity contribution in [1.29, 1.82) is 0 Å². The molecule has 0 saturated heterocycles. The molecule has 39 heavy (non-hydrogen) atoms. The van der Waals surface area contributed by atoms with E-state index in [1.165, 1.54) is 18.7 Å². The predicted octanol–water partition coefficient (Wildman–Crippen LogP) is 5.36. The summed E-state index contributed by atoms with van der Waals surface area (Å²) in [6.45, 7) is 1.79. The third-order valence-electron chi connectivity index (χ3n) is 6.15. The third kappa shape index (κ3) is 10.2. The lowest BCUT2D eigenvalue weighted by atomic mass is 10.1. The van der Waals surface area contributed by atoms with E-state index >= 15 is 0 Å². The van der Waals surface area contributed by atoms with Gasteiger partial charge in [0.1, 0.15) is 5.75 Å². The molecule has 0 fully saturated rings. The lowest BCUT2D eigenvalue weighted by Crippen LogP contribution is -2.30. The van der Waals surface area contributed by atoms with Crippen LogP contribution in [-0.2, 0) is 27.2 Å². The Morgan fingerprint density at radius 2 is 1.54 bits per heavy atom. The molecule has 1 amide bonds. The number of hydrogen-bond acceptors (Lipinski definition) is 6. The number of methoxy groups -OCH3 is 2. The van der Waals surface area contributed by atoms with E-state index < -0.39 is 5.97 Å². The van der Waals surface area contributed by atoms with E-state index in [-0.39, 0.29) is 5.91 Å². The van der Waals surface area contributed by atoms with Gasteiger partial charge < -0.3 is 23.8 Å². The molecule has 0 aliphatic heterocycles. The minimum absolute atomic E-state index is 0.100. The Morgan fingerprint density at radius 3 is 2.23 bits per heavy atom. The number of hydrogen-bond donors (Lipinski definition) is 0. The van der Waals surface area contributed by atoms with Crippen molar-refractivity contribution in [3.05, 3.63) is 95.6 Å². The molecule has 0 aliphatic carbocycles. The van der Waals surface area contributed by atoms with Gasteiger partial charge in [-0.3, -0.25) is 4.79 Å². The van der Waals surface area contributed by atoms with Crippen LogP contribution in [0, 0.1) is 0 Å². The zero-order chi connectivity index (χ0) is 27.9. The maximum absolute atomic E-state index is 12.6. The van der Waals surface area contributed by atoms with Crippen molar-refractivity contribution in [3.8, 4) is 17.2 Å². The van der Waals surface area contributed by atoms with Crippen molar-refractivity contribution in [3.63, 3.8) is 0 Å². The quantitative estimate of drug-likeness (QED) is 0.149. The van der Waals surface area contributed by atoms with Crippen LogP contribution < -0.4 is 14.2 Å². The van der Waals surface area contributed by atoms with E-state index in [4.69, 9.17) is 14.2 Å². The van der Waals surface area contributed by atoms with Crippen LogP contribution in [-0.4, -0.2) is 57.8 Å². The summed E-state index contributed by atoms with van der Waals surface area (Å²) in [5.41, 5.74) is 3.00. The Hall–Kier alpha value is -4.26. The fourth-order valence-corrected chi connectivity index (χ4v) is 3.79. The molecular formula is C32H37NO6. The average molecular weight is 532 g/mol. The number of ether oxygens (including phenoxy) is 4. The first-order chi connectivity index (χ1) is 19.0. The van der Waals surface area contributed by atoms with Gasteiger partial charge in [0.25, 0.3) is 0 Å². The molecule has 0 heterocycles. The smallest absolute Gasteiger partial charge is 0.330 e. The number of likely N-dealkylation sites (N-methyl/N-ethyl adjacent to an activating group) is 1. The molecule has 7 heteroatoms. The fourth-order valence-electron chi connectivity index (χ4n) is 3.79. The first-order valence-electron chi connectivity index (χ1n) is 13.0. The number of benzene rings is 3. The first-order valence-corrected chi connectivity index (χ1v) is 13.0. The second kappa shape index (κ2) is 15.9. The Morgan fingerprint density at radius 1 is 0.821 bits per heavy atom. The Labute approximate surface area is 231 Å². The standard InChI is InChI=1S/C32H37NO6/c1-33(20-19-25-9-5-4-6-10-25)31(34)24-27-11-15-28(16-12-27)38-21-7-8-22-39-29-17-13-26(23-30(29)36-2)14-18-32(35)37-3/h4-6,9-18,23H,7-8,19-22,24H2,1-3H3/b18-14+. The van der Waals surface area contributed by atoms with Crippen molar-refractivity contribution in [2.75, 3.05) is 41.0 Å². The second-order valence-corrected chi connectivity index (χ2v) is 9.04. The zero-order valence-electron chi connectivity index (χ0n) is 22.9. The number of amides is 1. The highest BCUT2D eigenvalue weighted by Gasteiger charge is 2.10. The van der Waals surface area contributed by atoms with Crippen LogP contribution in [0.3, 0.4) is 0 Å². The van der Waals surface area contributed by atoms with Crippen LogP contribution in [0.25, 0.3) is 6.08 Å². The van der Waals surface area contributed by atoms with Crippen LogP contribution in [0.1, 0.15) is 29.5 Å². The summed E-state index contributed by atoms with van der Waals surface area (Å²) >= 11 is 0. The van der Waals surface area contributed by atoms with Gasteiger partial charge in [0, 0.05) is 19.7 Å². The Kier molecular flexibility index (Phi) is 11.9. The van der Waals surface area contributed by atoms with Crippen molar-refractivity contribution in [1.82, 2.24) is 4.90 Å². The van der Waals surface area contributed by atoms with Crippen molar-refractivity contribution in [2.24, 2.45) is 0 Å². The molecular weight excluding hydrogens is 494 g/mol. The van der Waals surface area contributed by atoms with Gasteiger partial charge in [0.15, 0.2) is 11.5 Å². The fraction of sp³-hybridized carbons (Fsp3) is 0.312. The third-order valence-corrected chi connectivity index (χ3v) is 6.15. The van der Waals surface area contributed by atoms with E-state index in [9.17, 15) is 9.59 Å². The first kappa shape index (κ1) is 29.3. The molecule has 0 N–H and O–H groups in total. The molecule has 0 bridgehead atoms. The van der Waals surface area contributed by atoms with E-state index in [2.05, 4.69) is 16.9 Å². The molecule has 3 aromatic carbocycles. The highest BCUT2D eigenvalue weighted by Crippen LogP contribution is 2.28. The molecule has 0 spiro atoms. The van der Waals surface area contributed by atoms with Crippen LogP contribution >= 0.6 is 0 Å². The highest BCUT2D eigenvalue weighted by molar-refractivity contribution is 5.87. The van der Waals surface area contributed by atoms with Crippen LogP contribution in [0.5, 0.6) is 17.2 Å². The molecule has 7 nitrogen and oxygen atoms in total. The number of esters is 1. The summed E-state index contributed by atoms with van der Waals surface area (Å²) in [7, 11) is 4.77. The lowest BCUT2D eigenvalue weighted by Gasteiger charge is -2.17. The molecule has 0 aromatic heterocycles. The molecule has 0 aliphatic rings. The van der Waals surface area contributed by atoms with Gasteiger partial charge in [-0.1, -0.05) is 48.5 Å². The minimum Gasteiger partial charge on any atom is -0.494 e. The van der Waals surface area contributed by atoms with Gasteiger partial charge in [0.2, 0.25) is 5.91 Å². The minimum atomic E-state index is -0.416. The zero-order valence-corrected chi connectivity index (χ0v) is 22.9. The van der Waals surface area contributed by atoms with Crippen molar-refractivity contribution in [2.45, 2.75) is 25.7 Å². The van der Waals surface area contributed by atoms with Crippen molar-refractivity contribution < 1.29 is 28.5 Å². The van der Waals surface area contributed by atoms with Crippen LogP contribution in [0.4, 0.5) is 0 Å². The lowest BCUT2D eigenvalue weighted by molar-refractivity contribution is -0.134. The monoisotopic (exact) mass is 531 g/mol. The number of carbonyl (C=O) groups excluding carboxylic acids is 2. The van der Waals surface area contributed by atoms with Gasteiger partial charge in [-0.15, -0.1) is 0 Å². The Balaban J connectivity index is 1.34. The van der Waals surface area contributed by atoms with E-state index in [1.54, 1.807) is 24.2 Å². The normalized spacial score (nSPS) is 10.7.